The molecule has 0 aromatic heterocycles. The minimum atomic E-state index is -0.564. The molecule has 0 radical (unpaired) electrons. The Morgan fingerprint density at radius 1 is 0.679 bits per heavy atom. The van der Waals surface area contributed by atoms with Gasteiger partial charge in [-0.25, -0.2) is 0 Å². The van der Waals surface area contributed by atoms with Gasteiger partial charge in [-0.3, -0.25) is 9.59 Å². The number of carbonyl (C=O) groups is 2. The van der Waals surface area contributed by atoms with Gasteiger partial charge >= 0.3 is 11.9 Å². The Hall–Kier alpha value is -1.22. The molecule has 8 N–H and O–H groups in total. The molecule has 2 aliphatic rings. The highest BCUT2D eigenvalue weighted by molar-refractivity contribution is 5.70. The summed E-state index contributed by atoms with van der Waals surface area (Å²) in [5, 5.41) is 0. The standard InChI is InChI=1S/C20H38N4O4/c21-19(22)9-5-15(6-10-19)13-27-17(25)3-1-2-4-18(26)28-14-16-7-11-20(23,24)12-8-16/h15-16H,1-14,21-24H2. The summed E-state index contributed by atoms with van der Waals surface area (Å²) in [6, 6.07) is 0. The number of hydrogen-bond donors (Lipinski definition) is 4. The van der Waals surface area contributed by atoms with Gasteiger partial charge in [0.1, 0.15) is 0 Å². The number of esters is 2. The highest BCUT2D eigenvalue weighted by atomic mass is 16.5. The summed E-state index contributed by atoms with van der Waals surface area (Å²) < 4.78 is 10.7. The Labute approximate surface area is 168 Å². The van der Waals surface area contributed by atoms with Gasteiger partial charge in [0.15, 0.2) is 0 Å². The average Bonchev–Trinajstić information content (AvgIpc) is 2.63. The second-order valence-electron chi connectivity index (χ2n) is 8.93. The highest BCUT2D eigenvalue weighted by Crippen LogP contribution is 2.28. The number of rotatable bonds is 9. The summed E-state index contributed by atoms with van der Waals surface area (Å²) in [4.78, 5) is 23.7. The van der Waals surface area contributed by atoms with Gasteiger partial charge in [0.2, 0.25) is 0 Å². The summed E-state index contributed by atoms with van der Waals surface area (Å²) >= 11 is 0. The lowest BCUT2D eigenvalue weighted by molar-refractivity contribution is -0.147. The molecular formula is C20H38N4O4. The molecule has 2 aliphatic carbocycles. The van der Waals surface area contributed by atoms with Gasteiger partial charge in [-0.05, 0) is 76.0 Å². The molecule has 0 aromatic rings. The van der Waals surface area contributed by atoms with Crippen molar-refractivity contribution < 1.29 is 19.1 Å². The van der Waals surface area contributed by atoms with Gasteiger partial charge in [-0.15, -0.1) is 0 Å². The molecule has 28 heavy (non-hydrogen) atoms. The van der Waals surface area contributed by atoms with Crippen LogP contribution in [0.15, 0.2) is 0 Å². The van der Waals surface area contributed by atoms with Crippen molar-refractivity contribution in [3.05, 3.63) is 0 Å². The summed E-state index contributed by atoms with van der Waals surface area (Å²) in [5.41, 5.74) is 22.5. The number of ether oxygens (including phenoxy) is 2. The third-order valence-corrected chi connectivity index (χ3v) is 6.04. The van der Waals surface area contributed by atoms with E-state index in [0.717, 1.165) is 51.4 Å². The van der Waals surface area contributed by atoms with Crippen molar-refractivity contribution in [3.63, 3.8) is 0 Å². The molecule has 0 spiro atoms. The maximum Gasteiger partial charge on any atom is 0.305 e. The maximum atomic E-state index is 11.8. The Morgan fingerprint density at radius 2 is 1.00 bits per heavy atom. The van der Waals surface area contributed by atoms with E-state index in [2.05, 4.69) is 0 Å². The number of nitrogens with two attached hydrogens (primary N) is 4. The van der Waals surface area contributed by atoms with Crippen molar-refractivity contribution in [2.45, 2.75) is 88.4 Å². The van der Waals surface area contributed by atoms with Gasteiger partial charge in [0, 0.05) is 12.8 Å². The fourth-order valence-corrected chi connectivity index (χ4v) is 3.87. The van der Waals surface area contributed by atoms with Crippen LogP contribution in [0, 0.1) is 11.8 Å². The van der Waals surface area contributed by atoms with Gasteiger partial charge < -0.3 is 32.4 Å². The van der Waals surface area contributed by atoms with E-state index in [0.29, 0.717) is 50.7 Å². The molecule has 0 unspecified atom stereocenters. The van der Waals surface area contributed by atoms with Crippen LogP contribution in [-0.4, -0.2) is 36.5 Å². The van der Waals surface area contributed by atoms with E-state index in [-0.39, 0.29) is 11.9 Å². The molecule has 0 heterocycles. The predicted molar refractivity (Wildman–Crippen MR) is 107 cm³/mol. The van der Waals surface area contributed by atoms with Crippen LogP contribution in [0.2, 0.25) is 0 Å². The van der Waals surface area contributed by atoms with Crippen molar-refractivity contribution >= 4 is 11.9 Å². The van der Waals surface area contributed by atoms with Crippen LogP contribution in [0.3, 0.4) is 0 Å². The van der Waals surface area contributed by atoms with Crippen LogP contribution in [0.5, 0.6) is 0 Å². The Bertz CT molecular complexity index is 458. The first-order valence-corrected chi connectivity index (χ1v) is 10.6. The summed E-state index contributed by atoms with van der Waals surface area (Å²) in [6.45, 7) is 0.871. The summed E-state index contributed by atoms with van der Waals surface area (Å²) in [5.74, 6) is 0.283. The molecule has 8 heteroatoms. The minimum absolute atomic E-state index is 0.208. The first-order valence-electron chi connectivity index (χ1n) is 10.6. The van der Waals surface area contributed by atoms with Crippen molar-refractivity contribution in [2.75, 3.05) is 13.2 Å². The second-order valence-corrected chi connectivity index (χ2v) is 8.93. The first kappa shape index (κ1) is 23.1. The van der Waals surface area contributed by atoms with Crippen LogP contribution in [0.25, 0.3) is 0 Å². The molecule has 2 rings (SSSR count). The lowest BCUT2D eigenvalue weighted by Crippen LogP contribution is -2.52. The molecule has 0 aromatic carbocycles. The minimum Gasteiger partial charge on any atom is -0.465 e. The number of carbonyl (C=O) groups excluding carboxylic acids is 2. The molecule has 2 saturated carbocycles. The van der Waals surface area contributed by atoms with Crippen LogP contribution in [-0.2, 0) is 19.1 Å². The molecule has 8 nitrogen and oxygen atoms in total. The first-order chi connectivity index (χ1) is 13.2. The van der Waals surface area contributed by atoms with E-state index in [4.69, 9.17) is 32.4 Å². The zero-order valence-corrected chi connectivity index (χ0v) is 17.0. The van der Waals surface area contributed by atoms with Crippen molar-refractivity contribution in [2.24, 2.45) is 34.8 Å². The quantitative estimate of drug-likeness (QED) is 0.257. The van der Waals surface area contributed by atoms with Gasteiger partial charge in [0.25, 0.3) is 0 Å². The Balaban J connectivity index is 1.46. The van der Waals surface area contributed by atoms with Gasteiger partial charge in [-0.1, -0.05) is 0 Å². The molecule has 0 aliphatic heterocycles. The van der Waals surface area contributed by atoms with Crippen molar-refractivity contribution in [1.82, 2.24) is 0 Å². The Kier molecular flexibility index (Phi) is 8.67. The van der Waals surface area contributed by atoms with Crippen LogP contribution in [0.4, 0.5) is 0 Å². The number of hydrogen-bond acceptors (Lipinski definition) is 8. The SMILES string of the molecule is NC1(N)CCC(COC(=O)CCCCC(=O)OCC2CCC(N)(N)CC2)CC1. The van der Waals surface area contributed by atoms with Crippen LogP contribution >= 0.6 is 0 Å². The van der Waals surface area contributed by atoms with Crippen molar-refractivity contribution in [3.8, 4) is 0 Å². The average molecular weight is 399 g/mol. The lowest BCUT2D eigenvalue weighted by Gasteiger charge is -2.33. The van der Waals surface area contributed by atoms with Crippen LogP contribution < -0.4 is 22.9 Å². The normalized spacial score (nSPS) is 22.6. The molecule has 0 bridgehead atoms. The third kappa shape index (κ3) is 8.86. The molecular weight excluding hydrogens is 360 g/mol. The molecule has 162 valence electrons. The monoisotopic (exact) mass is 398 g/mol. The van der Waals surface area contributed by atoms with Crippen molar-refractivity contribution in [1.29, 1.82) is 0 Å². The van der Waals surface area contributed by atoms with Gasteiger partial charge in [0.05, 0.1) is 24.5 Å². The number of unbranched alkanes of at least 4 members (excludes halogenated alkanes) is 1. The van der Waals surface area contributed by atoms with Crippen LogP contribution in [0.1, 0.15) is 77.0 Å². The maximum absolute atomic E-state index is 11.8. The molecule has 2 fully saturated rings. The largest absolute Gasteiger partial charge is 0.465 e. The third-order valence-electron chi connectivity index (χ3n) is 6.04. The fraction of sp³-hybridized carbons (Fsp3) is 0.900. The molecule has 0 amide bonds. The summed E-state index contributed by atoms with van der Waals surface area (Å²) in [7, 11) is 0. The van der Waals surface area contributed by atoms with E-state index in [1.54, 1.807) is 0 Å². The molecule has 0 atom stereocenters. The second kappa shape index (κ2) is 10.5. The zero-order valence-electron chi connectivity index (χ0n) is 17.0. The van der Waals surface area contributed by atoms with E-state index in [9.17, 15) is 9.59 Å². The zero-order chi connectivity index (χ0) is 20.6. The molecule has 0 saturated heterocycles. The van der Waals surface area contributed by atoms with E-state index >= 15 is 0 Å². The summed E-state index contributed by atoms with van der Waals surface area (Å²) in [6.07, 6.45) is 8.53. The van der Waals surface area contributed by atoms with Gasteiger partial charge in [-0.2, -0.15) is 0 Å². The lowest BCUT2D eigenvalue weighted by atomic mass is 9.83. The Morgan fingerprint density at radius 3 is 1.32 bits per heavy atom. The van der Waals surface area contributed by atoms with E-state index in [1.807, 2.05) is 0 Å². The van der Waals surface area contributed by atoms with E-state index < -0.39 is 11.3 Å². The topological polar surface area (TPSA) is 157 Å². The fourth-order valence-electron chi connectivity index (χ4n) is 3.87. The smallest absolute Gasteiger partial charge is 0.305 e. The highest BCUT2D eigenvalue weighted by Gasteiger charge is 2.29. The predicted octanol–water partition coefficient (Wildman–Crippen LogP) is 1.24. The van der Waals surface area contributed by atoms with E-state index in [1.165, 1.54) is 0 Å².